The second kappa shape index (κ2) is 4.07. The van der Waals surface area contributed by atoms with Gasteiger partial charge in [0.05, 0.1) is 11.9 Å². The number of thioether (sulfide) groups is 1. The van der Waals surface area contributed by atoms with Crippen molar-refractivity contribution in [3.63, 3.8) is 0 Å². The van der Waals surface area contributed by atoms with Gasteiger partial charge in [-0.25, -0.2) is 0 Å². The molecule has 0 aromatic rings. The Labute approximate surface area is 111 Å². The minimum atomic E-state index is -0.669. The maximum Gasteiger partial charge on any atom is 0.164 e. The highest BCUT2D eigenvalue weighted by Gasteiger charge is 2.57. The molecule has 3 rings (SSSR count). The van der Waals surface area contributed by atoms with Crippen LogP contribution < -0.4 is 0 Å². The molecule has 0 saturated carbocycles. The normalized spacial score (nSPS) is 49.5. The molecule has 5 atom stereocenters. The van der Waals surface area contributed by atoms with Gasteiger partial charge in [-0.1, -0.05) is 0 Å². The molecule has 3 aliphatic rings. The highest BCUT2D eigenvalue weighted by Crippen LogP contribution is 2.46. The van der Waals surface area contributed by atoms with Crippen LogP contribution in [0.5, 0.6) is 0 Å². The van der Waals surface area contributed by atoms with Crippen LogP contribution in [0.25, 0.3) is 0 Å². The zero-order chi connectivity index (χ0) is 13.1. The van der Waals surface area contributed by atoms with Gasteiger partial charge in [-0.05, 0) is 27.7 Å². The quantitative estimate of drug-likeness (QED) is 0.715. The highest BCUT2D eigenvalue weighted by atomic mass is 32.2. The van der Waals surface area contributed by atoms with Crippen molar-refractivity contribution in [2.75, 3.05) is 6.61 Å². The fourth-order valence-corrected chi connectivity index (χ4v) is 3.99. The molecule has 0 radical (unpaired) electrons. The molecule has 3 fully saturated rings. The summed E-state index contributed by atoms with van der Waals surface area (Å²) in [6.07, 6.45) is -0.668. The van der Waals surface area contributed by atoms with E-state index in [-0.39, 0.29) is 23.6 Å². The fourth-order valence-electron chi connectivity index (χ4n) is 2.76. The second-order valence-corrected chi connectivity index (χ2v) is 7.28. The molecule has 5 unspecified atom stereocenters. The summed E-state index contributed by atoms with van der Waals surface area (Å²) in [5, 5.41) is 10.2. The summed E-state index contributed by atoms with van der Waals surface area (Å²) in [7, 11) is 0. The average Bonchev–Trinajstić information content (AvgIpc) is 2.56. The van der Waals surface area contributed by atoms with Crippen molar-refractivity contribution in [2.24, 2.45) is 0 Å². The molecular formula is C12H20O5S. The van der Waals surface area contributed by atoms with E-state index >= 15 is 0 Å². The number of rotatable bonds is 0. The molecule has 0 spiro atoms. The van der Waals surface area contributed by atoms with Crippen molar-refractivity contribution in [3.8, 4) is 0 Å². The van der Waals surface area contributed by atoms with Crippen LogP contribution in [-0.4, -0.2) is 52.3 Å². The summed E-state index contributed by atoms with van der Waals surface area (Å²) in [6.45, 7) is 8.08. The molecule has 0 aromatic carbocycles. The maximum atomic E-state index is 10.1. The van der Waals surface area contributed by atoms with Gasteiger partial charge >= 0.3 is 0 Å². The van der Waals surface area contributed by atoms with Gasteiger partial charge in [0, 0.05) is 0 Å². The first-order valence-electron chi connectivity index (χ1n) is 6.28. The van der Waals surface area contributed by atoms with Gasteiger partial charge in [-0.3, -0.25) is 0 Å². The molecule has 0 amide bonds. The van der Waals surface area contributed by atoms with Crippen molar-refractivity contribution < 1.29 is 24.1 Å². The number of hydrogen-bond acceptors (Lipinski definition) is 6. The first-order valence-corrected chi connectivity index (χ1v) is 7.23. The van der Waals surface area contributed by atoms with Gasteiger partial charge < -0.3 is 24.1 Å². The van der Waals surface area contributed by atoms with Crippen LogP contribution in [0.3, 0.4) is 0 Å². The molecule has 5 nitrogen and oxygen atoms in total. The summed E-state index contributed by atoms with van der Waals surface area (Å²) < 4.78 is 23.3. The highest BCUT2D eigenvalue weighted by molar-refractivity contribution is 8.00. The third-order valence-corrected chi connectivity index (χ3v) is 4.77. The van der Waals surface area contributed by atoms with E-state index in [1.165, 1.54) is 11.8 Å². The van der Waals surface area contributed by atoms with Gasteiger partial charge in [-0.2, -0.15) is 0 Å². The largest absolute Gasteiger partial charge is 0.380 e. The van der Waals surface area contributed by atoms with E-state index in [4.69, 9.17) is 18.9 Å². The van der Waals surface area contributed by atoms with Crippen LogP contribution in [0.2, 0.25) is 0 Å². The minimum absolute atomic E-state index is 0.0896. The Balaban J connectivity index is 1.84. The first kappa shape index (κ1) is 13.1. The molecule has 3 aliphatic heterocycles. The van der Waals surface area contributed by atoms with E-state index in [2.05, 4.69) is 0 Å². The molecule has 3 heterocycles. The van der Waals surface area contributed by atoms with Crippen LogP contribution in [0.1, 0.15) is 27.7 Å². The van der Waals surface area contributed by atoms with E-state index in [9.17, 15) is 5.11 Å². The summed E-state index contributed by atoms with van der Waals surface area (Å²) in [4.78, 5) is 0. The molecule has 18 heavy (non-hydrogen) atoms. The van der Waals surface area contributed by atoms with Gasteiger partial charge in [0.25, 0.3) is 0 Å². The smallest absolute Gasteiger partial charge is 0.164 e. The molecule has 0 aliphatic carbocycles. The van der Waals surface area contributed by atoms with Crippen LogP contribution in [-0.2, 0) is 18.9 Å². The van der Waals surface area contributed by atoms with Crippen LogP contribution in [0, 0.1) is 0 Å². The standard InChI is InChI=1S/C12H20O5S/c1-11(2)14-5-6-7(15-11)8-9(10(13)18-6)17-12(3,4)16-8/h6-10,13H,5H2,1-4H3. The van der Waals surface area contributed by atoms with E-state index in [1.807, 2.05) is 27.7 Å². The zero-order valence-electron chi connectivity index (χ0n) is 11.1. The Bertz CT molecular complexity index is 345. The van der Waals surface area contributed by atoms with Gasteiger partial charge in [0.1, 0.15) is 23.7 Å². The second-order valence-electron chi connectivity index (χ2n) is 5.92. The Kier molecular flexibility index (Phi) is 2.97. The van der Waals surface area contributed by atoms with Crippen LogP contribution in [0.4, 0.5) is 0 Å². The van der Waals surface area contributed by atoms with E-state index in [1.54, 1.807) is 0 Å². The summed E-state index contributed by atoms with van der Waals surface area (Å²) >= 11 is 1.45. The van der Waals surface area contributed by atoms with E-state index in [0.29, 0.717) is 6.61 Å². The van der Waals surface area contributed by atoms with Crippen molar-refractivity contribution in [2.45, 2.75) is 68.3 Å². The van der Waals surface area contributed by atoms with E-state index in [0.717, 1.165) is 0 Å². The van der Waals surface area contributed by atoms with E-state index < -0.39 is 17.0 Å². The number of aliphatic hydroxyl groups excluding tert-OH is 1. The lowest BCUT2D eigenvalue weighted by atomic mass is 10.0. The minimum Gasteiger partial charge on any atom is -0.380 e. The number of ether oxygens (including phenoxy) is 4. The molecule has 6 heteroatoms. The Morgan fingerprint density at radius 1 is 0.944 bits per heavy atom. The third-order valence-electron chi connectivity index (χ3n) is 3.46. The molecule has 0 aromatic heterocycles. The molecule has 3 saturated heterocycles. The van der Waals surface area contributed by atoms with Gasteiger partial charge in [-0.15, -0.1) is 11.8 Å². The SMILES string of the molecule is CC1(C)OCC2SC(O)C3OC(C)(C)OC3C2O1. The molecular weight excluding hydrogens is 256 g/mol. The van der Waals surface area contributed by atoms with Gasteiger partial charge in [0.15, 0.2) is 11.6 Å². The average molecular weight is 276 g/mol. The van der Waals surface area contributed by atoms with Crippen molar-refractivity contribution in [1.29, 1.82) is 0 Å². The predicted octanol–water partition coefficient (Wildman–Crippen LogP) is 1.09. The fraction of sp³-hybridized carbons (Fsp3) is 1.00. The number of fused-ring (bicyclic) bond motifs is 3. The van der Waals surface area contributed by atoms with Crippen LogP contribution >= 0.6 is 11.8 Å². The van der Waals surface area contributed by atoms with Crippen molar-refractivity contribution in [1.82, 2.24) is 0 Å². The topological polar surface area (TPSA) is 57.2 Å². The summed E-state index contributed by atoms with van der Waals surface area (Å²) in [5.74, 6) is -1.28. The monoisotopic (exact) mass is 276 g/mol. The molecule has 104 valence electrons. The van der Waals surface area contributed by atoms with Crippen molar-refractivity contribution >= 4 is 11.8 Å². The lowest BCUT2D eigenvalue weighted by Crippen LogP contribution is -2.59. The molecule has 1 N–H and O–H groups in total. The van der Waals surface area contributed by atoms with Crippen molar-refractivity contribution in [3.05, 3.63) is 0 Å². The molecule has 0 bridgehead atoms. The van der Waals surface area contributed by atoms with Crippen LogP contribution in [0.15, 0.2) is 0 Å². The number of hydrogen-bond donors (Lipinski definition) is 1. The predicted molar refractivity (Wildman–Crippen MR) is 66.1 cm³/mol. The van der Waals surface area contributed by atoms with Gasteiger partial charge in [0.2, 0.25) is 0 Å². The lowest BCUT2D eigenvalue weighted by Gasteiger charge is -2.47. The maximum absolute atomic E-state index is 10.1. The third kappa shape index (κ3) is 2.19. The Hall–Kier alpha value is 0.150. The lowest BCUT2D eigenvalue weighted by molar-refractivity contribution is -0.292. The Morgan fingerprint density at radius 2 is 1.56 bits per heavy atom. The first-order chi connectivity index (χ1) is 8.27. The Morgan fingerprint density at radius 3 is 2.28 bits per heavy atom. The zero-order valence-corrected chi connectivity index (χ0v) is 11.9. The summed E-state index contributed by atoms with van der Waals surface area (Å²) in [6, 6.07) is 0. The number of aliphatic hydroxyl groups is 1. The summed E-state index contributed by atoms with van der Waals surface area (Å²) in [5.41, 5.74) is -0.591.